The van der Waals surface area contributed by atoms with Crippen LogP contribution in [0.3, 0.4) is 0 Å². The van der Waals surface area contributed by atoms with E-state index in [2.05, 4.69) is 48.9 Å². The number of nitrogens with zero attached hydrogens (tertiary/aromatic N) is 1. The Bertz CT molecular complexity index is 211. The summed E-state index contributed by atoms with van der Waals surface area (Å²) in [6.07, 6.45) is 3.50. The molecule has 1 heterocycles. The van der Waals surface area contributed by atoms with Crippen LogP contribution in [0.4, 0.5) is 0 Å². The van der Waals surface area contributed by atoms with E-state index in [9.17, 15) is 0 Å². The van der Waals surface area contributed by atoms with Gasteiger partial charge in [-0.15, -0.1) is 0 Å². The number of pyridine rings is 1. The van der Waals surface area contributed by atoms with Crippen LogP contribution in [0.25, 0.3) is 0 Å². The smallest absolute Gasteiger partial charge is 0.109 e. The number of hydrogen-bond acceptors (Lipinski definition) is 2. The van der Waals surface area contributed by atoms with E-state index >= 15 is 0 Å². The van der Waals surface area contributed by atoms with Gasteiger partial charge in [0, 0.05) is 12.4 Å². The molecule has 0 unspecified atom stereocenters. The first-order valence-electron chi connectivity index (χ1n) is 5.35. The summed E-state index contributed by atoms with van der Waals surface area (Å²) < 4.78 is 3.74. The van der Waals surface area contributed by atoms with E-state index in [1.54, 1.807) is 12.4 Å². The highest BCUT2D eigenvalue weighted by Gasteiger charge is 2.22. The van der Waals surface area contributed by atoms with Crippen LogP contribution in [-0.2, 0) is 0 Å². The molecule has 0 aliphatic heterocycles. The standard InChI is InChI=1S/C6H19NSi2.C5H5N/c1-8(2,3)7-9(4,5)6;1-2-4-6-5-3-1/h7H,1-6H3;1-5H. The van der Waals surface area contributed by atoms with Gasteiger partial charge in [-0.25, -0.2) is 0 Å². The molecule has 0 saturated heterocycles. The molecular weight excluding hydrogens is 216 g/mol. The average Bonchev–Trinajstić information content (AvgIpc) is 2.01. The van der Waals surface area contributed by atoms with Crippen LogP contribution in [0.15, 0.2) is 30.6 Å². The molecule has 0 radical (unpaired) electrons. The van der Waals surface area contributed by atoms with E-state index in [1.807, 2.05) is 18.2 Å². The van der Waals surface area contributed by atoms with Gasteiger partial charge in [0.15, 0.2) is 0 Å². The van der Waals surface area contributed by atoms with Crippen molar-refractivity contribution in [3.63, 3.8) is 0 Å². The summed E-state index contributed by atoms with van der Waals surface area (Å²) in [4.78, 5) is 3.78. The third-order valence-electron chi connectivity index (χ3n) is 1.32. The number of hydrogen-bond donors (Lipinski definition) is 1. The minimum atomic E-state index is -0.981. The Kier molecular flexibility index (Phi) is 6.01. The lowest BCUT2D eigenvalue weighted by atomic mass is 10.5. The summed E-state index contributed by atoms with van der Waals surface area (Å²) in [7, 11) is -1.96. The summed E-state index contributed by atoms with van der Waals surface area (Å²) >= 11 is 0. The Labute approximate surface area is 96.3 Å². The maximum atomic E-state index is 3.78. The van der Waals surface area contributed by atoms with E-state index in [-0.39, 0.29) is 0 Å². The van der Waals surface area contributed by atoms with Gasteiger partial charge >= 0.3 is 0 Å². The first-order valence-corrected chi connectivity index (χ1v) is 12.3. The fourth-order valence-corrected chi connectivity index (χ4v) is 10.4. The molecule has 1 N–H and O–H groups in total. The zero-order valence-corrected chi connectivity index (χ0v) is 12.8. The Morgan fingerprint density at radius 3 is 1.20 bits per heavy atom. The fourth-order valence-electron chi connectivity index (χ4n) is 1.44. The van der Waals surface area contributed by atoms with Crippen LogP contribution in [0.1, 0.15) is 0 Å². The number of aromatic nitrogens is 1. The molecule has 0 spiro atoms. The van der Waals surface area contributed by atoms with Gasteiger partial charge in [0.2, 0.25) is 0 Å². The molecule has 86 valence electrons. The van der Waals surface area contributed by atoms with Crippen molar-refractivity contribution in [2.24, 2.45) is 0 Å². The van der Waals surface area contributed by atoms with Crippen molar-refractivity contribution in [3.8, 4) is 0 Å². The van der Waals surface area contributed by atoms with Crippen molar-refractivity contribution in [1.82, 2.24) is 9.63 Å². The summed E-state index contributed by atoms with van der Waals surface area (Å²) in [5.74, 6) is 0. The predicted octanol–water partition coefficient (Wildman–Crippen LogP) is 3.33. The molecule has 0 aliphatic rings. The Morgan fingerprint density at radius 1 is 0.733 bits per heavy atom. The van der Waals surface area contributed by atoms with E-state index in [1.165, 1.54) is 0 Å². The summed E-state index contributed by atoms with van der Waals surface area (Å²) in [5, 5.41) is 0. The monoisotopic (exact) mass is 240 g/mol. The number of rotatable bonds is 2. The quantitative estimate of drug-likeness (QED) is 0.802. The highest BCUT2D eigenvalue weighted by atomic mass is 28.4. The Balaban J connectivity index is 0.000000280. The van der Waals surface area contributed by atoms with E-state index in [0.717, 1.165) is 0 Å². The second-order valence-corrected chi connectivity index (χ2v) is 15.6. The minimum absolute atomic E-state index is 0.981. The van der Waals surface area contributed by atoms with Crippen molar-refractivity contribution < 1.29 is 0 Å². The van der Waals surface area contributed by atoms with E-state index in [4.69, 9.17) is 0 Å². The molecular formula is C11H24N2Si2. The molecule has 0 atom stereocenters. The lowest BCUT2D eigenvalue weighted by Crippen LogP contribution is -2.55. The van der Waals surface area contributed by atoms with Gasteiger partial charge in [-0.2, -0.15) is 0 Å². The van der Waals surface area contributed by atoms with Crippen LogP contribution in [-0.4, -0.2) is 21.5 Å². The number of nitrogens with one attached hydrogen (secondary N) is 1. The Morgan fingerprint density at radius 2 is 1.13 bits per heavy atom. The largest absolute Gasteiger partial charge is 0.360 e. The topological polar surface area (TPSA) is 24.9 Å². The molecule has 2 nitrogen and oxygen atoms in total. The summed E-state index contributed by atoms with van der Waals surface area (Å²) in [6.45, 7) is 14.1. The molecule has 4 heteroatoms. The van der Waals surface area contributed by atoms with Gasteiger partial charge in [-0.1, -0.05) is 45.3 Å². The van der Waals surface area contributed by atoms with Gasteiger partial charge < -0.3 is 4.65 Å². The van der Waals surface area contributed by atoms with Crippen molar-refractivity contribution in [1.29, 1.82) is 0 Å². The van der Waals surface area contributed by atoms with Gasteiger partial charge in [0.05, 0.1) is 0 Å². The highest BCUT2D eigenvalue weighted by Crippen LogP contribution is 2.02. The first kappa shape index (κ1) is 14.5. The van der Waals surface area contributed by atoms with Crippen LogP contribution in [0, 0.1) is 0 Å². The molecule has 0 aromatic carbocycles. The predicted molar refractivity (Wildman–Crippen MR) is 74.1 cm³/mol. The minimum Gasteiger partial charge on any atom is -0.360 e. The molecule has 0 saturated carbocycles. The molecule has 0 aliphatic carbocycles. The molecule has 0 amide bonds. The fraction of sp³-hybridized carbons (Fsp3) is 0.545. The van der Waals surface area contributed by atoms with Crippen LogP contribution in [0.5, 0.6) is 0 Å². The van der Waals surface area contributed by atoms with Crippen LogP contribution in [0.2, 0.25) is 39.3 Å². The van der Waals surface area contributed by atoms with Gasteiger partial charge in [0.25, 0.3) is 0 Å². The average molecular weight is 240 g/mol. The van der Waals surface area contributed by atoms with E-state index in [0.29, 0.717) is 0 Å². The zero-order valence-electron chi connectivity index (χ0n) is 10.8. The summed E-state index contributed by atoms with van der Waals surface area (Å²) in [5.41, 5.74) is 0. The van der Waals surface area contributed by atoms with Crippen molar-refractivity contribution in [2.45, 2.75) is 39.3 Å². The maximum absolute atomic E-state index is 3.78. The lowest BCUT2D eigenvalue weighted by molar-refractivity contribution is 1.30. The SMILES string of the molecule is C[Si](C)(C)N[Si](C)(C)C.c1ccncc1. The molecule has 15 heavy (non-hydrogen) atoms. The van der Waals surface area contributed by atoms with Crippen molar-refractivity contribution in [2.75, 3.05) is 0 Å². The summed E-state index contributed by atoms with van der Waals surface area (Å²) in [6, 6.07) is 5.72. The second-order valence-electron chi connectivity index (χ2n) is 5.65. The van der Waals surface area contributed by atoms with E-state index < -0.39 is 16.5 Å². The van der Waals surface area contributed by atoms with Crippen molar-refractivity contribution in [3.05, 3.63) is 30.6 Å². The molecule has 1 aromatic rings. The van der Waals surface area contributed by atoms with Gasteiger partial charge in [-0.05, 0) is 12.1 Å². The van der Waals surface area contributed by atoms with Crippen LogP contribution >= 0.6 is 0 Å². The molecule has 1 aromatic heterocycles. The van der Waals surface area contributed by atoms with Gasteiger partial charge in [-0.3, -0.25) is 4.98 Å². The third-order valence-corrected chi connectivity index (χ3v) is 7.32. The molecule has 0 fully saturated rings. The second kappa shape index (κ2) is 6.20. The zero-order chi connectivity index (χ0) is 11.9. The van der Waals surface area contributed by atoms with Gasteiger partial charge in [0.1, 0.15) is 16.5 Å². The molecule has 0 bridgehead atoms. The first-order chi connectivity index (χ1) is 6.71. The maximum Gasteiger partial charge on any atom is 0.109 e. The lowest BCUT2D eigenvalue weighted by Gasteiger charge is -2.28. The highest BCUT2D eigenvalue weighted by molar-refractivity contribution is 6.90. The Hall–Kier alpha value is -0.456. The van der Waals surface area contributed by atoms with Crippen molar-refractivity contribution >= 4 is 16.5 Å². The van der Waals surface area contributed by atoms with Crippen LogP contribution < -0.4 is 4.65 Å². The normalized spacial score (nSPS) is 11.6. The third kappa shape index (κ3) is 13.5. The molecule has 1 rings (SSSR count).